The van der Waals surface area contributed by atoms with E-state index in [2.05, 4.69) is 0 Å². The first-order chi connectivity index (χ1) is 7.57. The summed E-state index contributed by atoms with van der Waals surface area (Å²) in [5, 5.41) is 0. The number of ketones is 1. The van der Waals surface area contributed by atoms with Gasteiger partial charge in [-0.1, -0.05) is 13.8 Å². The third kappa shape index (κ3) is 7.32. The summed E-state index contributed by atoms with van der Waals surface area (Å²) in [6, 6.07) is 0. The molecule has 0 spiro atoms. The molecule has 17 heavy (non-hydrogen) atoms. The van der Waals surface area contributed by atoms with Crippen molar-refractivity contribution in [1.82, 2.24) is 0 Å². The molecule has 0 saturated heterocycles. The lowest BCUT2D eigenvalue weighted by molar-refractivity contribution is -0.127. The Morgan fingerprint density at radius 2 is 1.65 bits per heavy atom. The molecule has 0 aromatic carbocycles. The molecule has 0 bridgehead atoms. The maximum Gasteiger partial charge on any atom is 0.187 e. The summed E-state index contributed by atoms with van der Waals surface area (Å²) in [5.74, 6) is 0.183. The van der Waals surface area contributed by atoms with Gasteiger partial charge in [-0.15, -0.1) is 0 Å². The van der Waals surface area contributed by atoms with Gasteiger partial charge in [0, 0.05) is 12.0 Å². The van der Waals surface area contributed by atoms with Gasteiger partial charge in [0.15, 0.2) is 7.85 Å². The highest BCUT2D eigenvalue weighted by Crippen LogP contribution is 2.24. The molecule has 0 saturated carbocycles. The summed E-state index contributed by atoms with van der Waals surface area (Å²) in [6.45, 7) is 9.99. The monoisotopic (exact) mass is 240 g/mol. The van der Waals surface area contributed by atoms with Crippen molar-refractivity contribution in [3.05, 3.63) is 0 Å². The third-order valence-corrected chi connectivity index (χ3v) is 3.25. The van der Waals surface area contributed by atoms with Crippen molar-refractivity contribution in [3.8, 4) is 0 Å². The van der Waals surface area contributed by atoms with E-state index in [-0.39, 0.29) is 22.5 Å². The standard InChI is InChI=1S/C13H25BO3/c1-10(15)12(2,3)8-9-17-13(4,5)7-6-11(14)16/h6-9,14H2,1-5H3. The predicted molar refractivity (Wildman–Crippen MR) is 71.9 cm³/mol. The van der Waals surface area contributed by atoms with E-state index in [4.69, 9.17) is 4.74 Å². The molecule has 0 heterocycles. The van der Waals surface area contributed by atoms with Crippen molar-refractivity contribution in [2.45, 2.75) is 59.5 Å². The van der Waals surface area contributed by atoms with E-state index < -0.39 is 0 Å². The number of Topliss-reactive ketones (excluding diaryl/α,β-unsaturated/α-hetero) is 1. The molecule has 0 rings (SSSR count). The Bertz CT molecular complexity index is 282. The Morgan fingerprint density at radius 3 is 2.06 bits per heavy atom. The Kier molecular flexibility index (Phi) is 6.10. The second kappa shape index (κ2) is 6.34. The minimum Gasteiger partial charge on any atom is -0.376 e. The summed E-state index contributed by atoms with van der Waals surface area (Å²) in [6.07, 6.45) is 1.98. The van der Waals surface area contributed by atoms with Crippen molar-refractivity contribution in [2.75, 3.05) is 6.61 Å². The molecule has 0 aliphatic carbocycles. The molecular weight excluding hydrogens is 215 g/mol. The number of hydrogen-bond acceptors (Lipinski definition) is 3. The molecule has 98 valence electrons. The van der Waals surface area contributed by atoms with Gasteiger partial charge in [0.05, 0.1) is 11.3 Å². The van der Waals surface area contributed by atoms with E-state index in [9.17, 15) is 9.59 Å². The molecule has 0 radical (unpaired) electrons. The van der Waals surface area contributed by atoms with Crippen LogP contribution in [0.25, 0.3) is 0 Å². The predicted octanol–water partition coefficient (Wildman–Crippen LogP) is 1.73. The van der Waals surface area contributed by atoms with Gasteiger partial charge in [0.1, 0.15) is 5.78 Å². The Labute approximate surface area is 106 Å². The molecule has 0 fully saturated rings. The first kappa shape index (κ1) is 16.4. The normalized spacial score (nSPS) is 12.5. The molecule has 0 aromatic heterocycles. The van der Waals surface area contributed by atoms with Gasteiger partial charge in [-0.2, -0.15) is 0 Å². The first-order valence-electron chi connectivity index (χ1n) is 6.21. The summed E-state index contributed by atoms with van der Waals surface area (Å²) in [4.78, 5) is 22.2. The minimum absolute atomic E-state index is 0.183. The topological polar surface area (TPSA) is 43.4 Å². The highest BCUT2D eigenvalue weighted by Gasteiger charge is 2.25. The SMILES string of the molecule is BC(=O)CCC(C)(C)OCCC(C)(C)C(C)=O. The van der Waals surface area contributed by atoms with Gasteiger partial charge in [-0.25, -0.2) is 0 Å². The fraction of sp³-hybridized carbons (Fsp3) is 0.846. The summed E-state index contributed by atoms with van der Waals surface area (Å²) >= 11 is 0. The number of carbonyl (C=O) groups is 2. The van der Waals surface area contributed by atoms with Gasteiger partial charge in [0.25, 0.3) is 0 Å². The van der Waals surface area contributed by atoms with E-state index in [1.54, 1.807) is 14.8 Å². The maximum absolute atomic E-state index is 11.3. The Morgan fingerprint density at radius 1 is 1.12 bits per heavy atom. The molecule has 0 aliphatic heterocycles. The van der Waals surface area contributed by atoms with Gasteiger partial charge in [-0.05, 0) is 40.0 Å². The zero-order valence-corrected chi connectivity index (χ0v) is 12.1. The van der Waals surface area contributed by atoms with Crippen LogP contribution in [0.2, 0.25) is 0 Å². The van der Waals surface area contributed by atoms with E-state index >= 15 is 0 Å². The van der Waals surface area contributed by atoms with Gasteiger partial charge in [0.2, 0.25) is 0 Å². The number of ether oxygens (including phenoxy) is 1. The van der Waals surface area contributed by atoms with Crippen LogP contribution < -0.4 is 0 Å². The highest BCUT2D eigenvalue weighted by molar-refractivity contribution is 6.57. The molecule has 0 N–H and O–H groups in total. The fourth-order valence-electron chi connectivity index (χ4n) is 1.31. The largest absolute Gasteiger partial charge is 0.376 e. The molecule has 0 aliphatic rings. The maximum atomic E-state index is 11.3. The van der Waals surface area contributed by atoms with Crippen LogP contribution in [0.1, 0.15) is 53.9 Å². The Hall–Kier alpha value is -0.635. The van der Waals surface area contributed by atoms with Crippen molar-refractivity contribution < 1.29 is 14.3 Å². The van der Waals surface area contributed by atoms with Crippen LogP contribution in [0, 0.1) is 5.41 Å². The quantitative estimate of drug-likeness (QED) is 0.607. The molecule has 3 nitrogen and oxygen atoms in total. The zero-order valence-electron chi connectivity index (χ0n) is 12.1. The van der Waals surface area contributed by atoms with Crippen LogP contribution in [0.15, 0.2) is 0 Å². The lowest BCUT2D eigenvalue weighted by Gasteiger charge is -2.28. The molecule has 0 unspecified atom stereocenters. The third-order valence-electron chi connectivity index (χ3n) is 3.25. The molecule has 4 heteroatoms. The van der Waals surface area contributed by atoms with E-state index in [0.29, 0.717) is 19.4 Å². The highest BCUT2D eigenvalue weighted by atomic mass is 16.5. The summed E-state index contributed by atoms with van der Waals surface area (Å²) in [7, 11) is 1.59. The van der Waals surface area contributed by atoms with E-state index in [1.807, 2.05) is 27.7 Å². The van der Waals surface area contributed by atoms with E-state index in [1.165, 1.54) is 0 Å². The smallest absolute Gasteiger partial charge is 0.187 e. The number of rotatable bonds is 8. The van der Waals surface area contributed by atoms with Crippen LogP contribution in [0.4, 0.5) is 0 Å². The van der Waals surface area contributed by atoms with Crippen molar-refractivity contribution in [1.29, 1.82) is 0 Å². The van der Waals surface area contributed by atoms with Gasteiger partial charge < -0.3 is 9.53 Å². The van der Waals surface area contributed by atoms with Crippen LogP contribution in [-0.4, -0.2) is 31.5 Å². The van der Waals surface area contributed by atoms with Crippen LogP contribution in [0.5, 0.6) is 0 Å². The molecule has 0 amide bonds. The van der Waals surface area contributed by atoms with Crippen molar-refractivity contribution >= 4 is 19.3 Å². The van der Waals surface area contributed by atoms with Gasteiger partial charge in [-0.3, -0.25) is 4.79 Å². The number of hydrogen-bond donors (Lipinski definition) is 0. The van der Waals surface area contributed by atoms with Crippen LogP contribution >= 0.6 is 0 Å². The number of carbonyl (C=O) groups excluding carboxylic acids is 2. The van der Waals surface area contributed by atoms with Crippen molar-refractivity contribution in [2.24, 2.45) is 5.41 Å². The average molecular weight is 240 g/mol. The lowest BCUT2D eigenvalue weighted by Crippen LogP contribution is -2.29. The van der Waals surface area contributed by atoms with Crippen molar-refractivity contribution in [3.63, 3.8) is 0 Å². The van der Waals surface area contributed by atoms with Crippen LogP contribution in [0.3, 0.4) is 0 Å². The molecule has 0 atom stereocenters. The summed E-state index contributed by atoms with van der Waals surface area (Å²) < 4.78 is 5.76. The summed E-state index contributed by atoms with van der Waals surface area (Å²) in [5.41, 5.74) is -0.430. The zero-order chi connectivity index (χ0) is 13.7. The second-order valence-electron chi connectivity index (χ2n) is 6.00. The average Bonchev–Trinajstić information content (AvgIpc) is 2.14. The minimum atomic E-state index is -0.323. The Balaban J connectivity index is 4.02. The van der Waals surface area contributed by atoms with Crippen LogP contribution in [-0.2, 0) is 14.3 Å². The second-order valence-corrected chi connectivity index (χ2v) is 6.00. The van der Waals surface area contributed by atoms with Gasteiger partial charge >= 0.3 is 0 Å². The molecule has 0 aromatic rings. The first-order valence-corrected chi connectivity index (χ1v) is 6.21. The molecular formula is C13H25BO3. The lowest BCUT2D eigenvalue weighted by atomic mass is 9.85. The fourth-order valence-corrected chi connectivity index (χ4v) is 1.31. The van der Waals surface area contributed by atoms with E-state index in [0.717, 1.165) is 6.42 Å².